The van der Waals surface area contributed by atoms with E-state index >= 15 is 0 Å². The summed E-state index contributed by atoms with van der Waals surface area (Å²) in [6, 6.07) is 10.5. The van der Waals surface area contributed by atoms with Crippen LogP contribution in [0.15, 0.2) is 36.5 Å². The zero-order valence-corrected chi connectivity index (χ0v) is 10.2. The van der Waals surface area contributed by atoms with Crippen molar-refractivity contribution in [1.82, 2.24) is 4.98 Å². The van der Waals surface area contributed by atoms with Gasteiger partial charge in [0, 0.05) is 6.20 Å². The van der Waals surface area contributed by atoms with Gasteiger partial charge < -0.3 is 5.32 Å². The number of pyridine rings is 1. The minimum Gasteiger partial charge on any atom is -0.363 e. The molecule has 0 fully saturated rings. The maximum Gasteiger partial charge on any atom is 0.126 e. The molecule has 1 aromatic carbocycles. The lowest BCUT2D eigenvalue weighted by atomic mass is 10.1. The van der Waals surface area contributed by atoms with E-state index in [9.17, 15) is 4.39 Å². The maximum atomic E-state index is 13.3. The molecule has 1 aliphatic carbocycles. The molecule has 0 saturated heterocycles. The number of fused-ring (bicyclic) bond motifs is 1. The lowest BCUT2D eigenvalue weighted by Crippen LogP contribution is -2.08. The van der Waals surface area contributed by atoms with Crippen molar-refractivity contribution in [1.29, 1.82) is 5.26 Å². The summed E-state index contributed by atoms with van der Waals surface area (Å²) in [5, 5.41) is 12.0. The molecule has 1 atom stereocenters. The number of hydrogen-bond donors (Lipinski definition) is 1. The first-order valence-corrected chi connectivity index (χ1v) is 6.17. The minimum absolute atomic E-state index is 0.0890. The zero-order chi connectivity index (χ0) is 13.2. The molecule has 19 heavy (non-hydrogen) atoms. The SMILES string of the molecule is N#Cc1ccc(NC2CCc3ccc(F)cc32)nc1. The molecular formula is C15H12FN3. The van der Waals surface area contributed by atoms with Crippen LogP contribution in [0.4, 0.5) is 10.2 Å². The van der Waals surface area contributed by atoms with Crippen LogP contribution in [0.2, 0.25) is 0 Å². The van der Waals surface area contributed by atoms with Crippen LogP contribution in [0, 0.1) is 17.1 Å². The van der Waals surface area contributed by atoms with Crippen LogP contribution in [0.1, 0.15) is 29.2 Å². The highest BCUT2D eigenvalue weighted by Gasteiger charge is 2.22. The van der Waals surface area contributed by atoms with Crippen LogP contribution < -0.4 is 5.32 Å². The van der Waals surface area contributed by atoms with E-state index in [1.54, 1.807) is 18.2 Å². The molecule has 1 heterocycles. The van der Waals surface area contributed by atoms with Crippen LogP contribution >= 0.6 is 0 Å². The number of nitrogens with zero attached hydrogens (tertiary/aromatic N) is 2. The van der Waals surface area contributed by atoms with E-state index in [1.165, 1.54) is 17.8 Å². The summed E-state index contributed by atoms with van der Waals surface area (Å²) in [7, 11) is 0. The van der Waals surface area contributed by atoms with E-state index < -0.39 is 0 Å². The van der Waals surface area contributed by atoms with E-state index in [4.69, 9.17) is 5.26 Å². The number of nitriles is 1. The van der Waals surface area contributed by atoms with Gasteiger partial charge in [-0.2, -0.15) is 5.26 Å². The van der Waals surface area contributed by atoms with Gasteiger partial charge in [0.05, 0.1) is 11.6 Å². The molecule has 0 saturated carbocycles. The van der Waals surface area contributed by atoms with Gasteiger partial charge >= 0.3 is 0 Å². The van der Waals surface area contributed by atoms with Crippen molar-refractivity contribution in [2.45, 2.75) is 18.9 Å². The summed E-state index contributed by atoms with van der Waals surface area (Å²) in [5.41, 5.74) is 2.72. The fourth-order valence-corrected chi connectivity index (χ4v) is 2.45. The van der Waals surface area contributed by atoms with Crippen LogP contribution in [-0.2, 0) is 6.42 Å². The Hall–Kier alpha value is -2.41. The molecule has 1 aliphatic rings. The second-order valence-electron chi connectivity index (χ2n) is 4.62. The molecular weight excluding hydrogens is 241 g/mol. The second-order valence-corrected chi connectivity index (χ2v) is 4.62. The summed E-state index contributed by atoms with van der Waals surface area (Å²) < 4.78 is 13.3. The summed E-state index contributed by atoms with van der Waals surface area (Å²) in [6.45, 7) is 0. The first kappa shape index (κ1) is 11.7. The third-order valence-corrected chi connectivity index (χ3v) is 3.40. The molecule has 3 nitrogen and oxygen atoms in total. The molecule has 1 aromatic heterocycles. The van der Waals surface area contributed by atoms with Crippen molar-refractivity contribution in [2.24, 2.45) is 0 Å². The number of rotatable bonds is 2. The molecule has 0 spiro atoms. The lowest BCUT2D eigenvalue weighted by Gasteiger charge is -2.14. The Labute approximate surface area is 110 Å². The van der Waals surface area contributed by atoms with Crippen LogP contribution in [0.3, 0.4) is 0 Å². The molecule has 0 bridgehead atoms. The molecule has 0 amide bonds. The number of aromatic nitrogens is 1. The Bertz CT molecular complexity index is 643. The number of anilines is 1. The van der Waals surface area contributed by atoms with Gasteiger partial charge in [-0.05, 0) is 48.2 Å². The Kier molecular flexibility index (Phi) is 2.88. The average molecular weight is 253 g/mol. The summed E-state index contributed by atoms with van der Waals surface area (Å²) in [6.07, 6.45) is 3.41. The zero-order valence-electron chi connectivity index (χ0n) is 10.2. The van der Waals surface area contributed by atoms with Crippen molar-refractivity contribution in [3.8, 4) is 6.07 Å². The van der Waals surface area contributed by atoms with E-state index in [0.717, 1.165) is 18.4 Å². The van der Waals surface area contributed by atoms with Gasteiger partial charge in [0.25, 0.3) is 0 Å². The van der Waals surface area contributed by atoms with E-state index in [0.29, 0.717) is 11.4 Å². The summed E-state index contributed by atoms with van der Waals surface area (Å²) in [4.78, 5) is 4.18. The molecule has 94 valence electrons. The predicted octanol–water partition coefficient (Wildman–Crippen LogP) is 3.19. The topological polar surface area (TPSA) is 48.7 Å². The van der Waals surface area contributed by atoms with Crippen molar-refractivity contribution >= 4 is 5.82 Å². The fourth-order valence-electron chi connectivity index (χ4n) is 2.45. The van der Waals surface area contributed by atoms with Crippen LogP contribution in [0.5, 0.6) is 0 Å². The van der Waals surface area contributed by atoms with Crippen molar-refractivity contribution < 1.29 is 4.39 Å². The minimum atomic E-state index is -0.208. The molecule has 4 heteroatoms. The largest absolute Gasteiger partial charge is 0.363 e. The monoisotopic (exact) mass is 253 g/mol. The molecule has 1 unspecified atom stereocenters. The number of hydrogen-bond acceptors (Lipinski definition) is 3. The number of nitrogens with one attached hydrogen (secondary N) is 1. The maximum absolute atomic E-state index is 13.3. The van der Waals surface area contributed by atoms with Crippen LogP contribution in [-0.4, -0.2) is 4.98 Å². The van der Waals surface area contributed by atoms with Crippen molar-refractivity contribution in [2.75, 3.05) is 5.32 Å². The number of aryl methyl sites for hydroxylation is 1. The molecule has 3 rings (SSSR count). The average Bonchev–Trinajstić information content (AvgIpc) is 2.82. The highest BCUT2D eigenvalue weighted by atomic mass is 19.1. The van der Waals surface area contributed by atoms with Crippen molar-refractivity contribution in [3.05, 3.63) is 59.0 Å². The Morgan fingerprint density at radius 3 is 2.95 bits per heavy atom. The Morgan fingerprint density at radius 1 is 1.32 bits per heavy atom. The smallest absolute Gasteiger partial charge is 0.126 e. The first-order valence-electron chi connectivity index (χ1n) is 6.17. The highest BCUT2D eigenvalue weighted by Crippen LogP contribution is 2.33. The van der Waals surface area contributed by atoms with Gasteiger partial charge in [-0.1, -0.05) is 6.07 Å². The highest BCUT2D eigenvalue weighted by molar-refractivity contribution is 5.45. The lowest BCUT2D eigenvalue weighted by molar-refractivity contribution is 0.624. The summed E-state index contributed by atoms with van der Waals surface area (Å²) >= 11 is 0. The van der Waals surface area contributed by atoms with Crippen molar-refractivity contribution in [3.63, 3.8) is 0 Å². The van der Waals surface area contributed by atoms with Gasteiger partial charge in [-0.3, -0.25) is 0 Å². The molecule has 0 aliphatic heterocycles. The normalized spacial score (nSPS) is 16.7. The summed E-state index contributed by atoms with van der Waals surface area (Å²) in [5.74, 6) is 0.501. The Balaban J connectivity index is 1.82. The molecule has 1 N–H and O–H groups in total. The molecule has 2 aromatic rings. The number of halogens is 1. The third kappa shape index (κ3) is 2.27. The molecule has 0 radical (unpaired) electrons. The van der Waals surface area contributed by atoms with Gasteiger partial charge in [0.2, 0.25) is 0 Å². The van der Waals surface area contributed by atoms with Gasteiger partial charge in [-0.25, -0.2) is 9.37 Å². The first-order chi connectivity index (χ1) is 9.26. The quantitative estimate of drug-likeness (QED) is 0.894. The fraction of sp³-hybridized carbons (Fsp3) is 0.200. The van der Waals surface area contributed by atoms with E-state index in [-0.39, 0.29) is 11.9 Å². The van der Waals surface area contributed by atoms with Gasteiger partial charge in [-0.15, -0.1) is 0 Å². The second kappa shape index (κ2) is 4.69. The van der Waals surface area contributed by atoms with E-state index in [2.05, 4.69) is 10.3 Å². The third-order valence-electron chi connectivity index (χ3n) is 3.40. The van der Waals surface area contributed by atoms with E-state index in [1.807, 2.05) is 12.1 Å². The van der Waals surface area contributed by atoms with Gasteiger partial charge in [0.1, 0.15) is 17.7 Å². The predicted molar refractivity (Wildman–Crippen MR) is 70.0 cm³/mol. The standard InChI is InChI=1S/C15H12FN3/c16-12-4-2-11-3-5-14(13(11)7-12)19-15-6-1-10(8-17)9-18-15/h1-2,4,6-7,9,14H,3,5H2,(H,18,19). The number of benzene rings is 1. The Morgan fingerprint density at radius 2 is 2.21 bits per heavy atom. The van der Waals surface area contributed by atoms with Gasteiger partial charge in [0.15, 0.2) is 0 Å². The van der Waals surface area contributed by atoms with Crippen LogP contribution in [0.25, 0.3) is 0 Å².